The summed E-state index contributed by atoms with van der Waals surface area (Å²) in [6.45, 7) is 6.80. The van der Waals surface area contributed by atoms with Gasteiger partial charge in [0.1, 0.15) is 0 Å². The van der Waals surface area contributed by atoms with E-state index in [-0.39, 0.29) is 11.9 Å². The zero-order valence-electron chi connectivity index (χ0n) is 20.7. The third kappa shape index (κ3) is 4.64. The van der Waals surface area contributed by atoms with Gasteiger partial charge in [-0.3, -0.25) is 4.79 Å². The predicted octanol–water partition coefficient (Wildman–Crippen LogP) is 5.15. The van der Waals surface area contributed by atoms with E-state index in [9.17, 15) is 14.7 Å². The molecule has 0 bridgehead atoms. The normalized spacial score (nSPS) is 14.2. The molecule has 6 nitrogen and oxygen atoms in total. The topological polar surface area (TPSA) is 83.4 Å². The summed E-state index contributed by atoms with van der Waals surface area (Å²) in [6.07, 6.45) is 1.92. The van der Waals surface area contributed by atoms with Gasteiger partial charge in [-0.05, 0) is 86.3 Å². The Morgan fingerprint density at radius 1 is 1.00 bits per heavy atom. The van der Waals surface area contributed by atoms with E-state index < -0.39 is 5.97 Å². The van der Waals surface area contributed by atoms with Crippen molar-refractivity contribution in [1.82, 2.24) is 15.2 Å². The maximum Gasteiger partial charge on any atom is 0.336 e. The lowest BCUT2D eigenvalue weighted by molar-refractivity contribution is 0.0697. The molecule has 6 heteroatoms. The molecular formula is C30H31N3O3. The van der Waals surface area contributed by atoms with Crippen molar-refractivity contribution in [3.63, 3.8) is 0 Å². The van der Waals surface area contributed by atoms with E-state index in [0.29, 0.717) is 23.2 Å². The molecule has 3 N–H and O–H groups in total. The number of rotatable bonds is 6. The van der Waals surface area contributed by atoms with Crippen LogP contribution in [0, 0.1) is 13.8 Å². The molecule has 1 aromatic heterocycles. The first-order chi connectivity index (χ1) is 17.4. The highest BCUT2D eigenvalue weighted by Crippen LogP contribution is 2.29. The first-order valence-electron chi connectivity index (χ1n) is 12.4. The number of fused-ring (bicyclic) bond motifs is 1. The van der Waals surface area contributed by atoms with Crippen LogP contribution in [0.3, 0.4) is 0 Å². The first kappa shape index (κ1) is 23.8. The summed E-state index contributed by atoms with van der Waals surface area (Å²) in [4.78, 5) is 24.5. The predicted molar refractivity (Wildman–Crippen MR) is 143 cm³/mol. The number of hydrogen-bond donors (Lipinski definition) is 3. The van der Waals surface area contributed by atoms with Gasteiger partial charge in [0.25, 0.3) is 5.91 Å². The van der Waals surface area contributed by atoms with Crippen molar-refractivity contribution < 1.29 is 14.7 Å². The Bertz CT molecular complexity index is 1430. The van der Waals surface area contributed by atoms with Crippen molar-refractivity contribution in [2.45, 2.75) is 39.3 Å². The van der Waals surface area contributed by atoms with E-state index in [1.807, 2.05) is 42.5 Å². The zero-order chi connectivity index (χ0) is 25.2. The van der Waals surface area contributed by atoms with Crippen LogP contribution in [-0.4, -0.2) is 40.7 Å². The Kier molecular flexibility index (Phi) is 6.61. The SMILES string of the molecule is Cc1c(C)n(Cc2ccc(-c3ccccc3C(=O)O)cc2)c2ccc(C(=O)NC3CCNCC3)cc12. The van der Waals surface area contributed by atoms with Gasteiger partial charge < -0.3 is 20.3 Å². The zero-order valence-corrected chi connectivity index (χ0v) is 20.7. The van der Waals surface area contributed by atoms with Gasteiger partial charge in [0.15, 0.2) is 0 Å². The maximum atomic E-state index is 12.9. The fourth-order valence-electron chi connectivity index (χ4n) is 5.12. The van der Waals surface area contributed by atoms with Crippen LogP contribution in [-0.2, 0) is 6.54 Å². The molecule has 36 heavy (non-hydrogen) atoms. The monoisotopic (exact) mass is 481 g/mol. The fourth-order valence-corrected chi connectivity index (χ4v) is 5.12. The van der Waals surface area contributed by atoms with Crippen molar-refractivity contribution >= 4 is 22.8 Å². The Balaban J connectivity index is 1.39. The number of carbonyl (C=O) groups is 2. The second-order valence-electron chi connectivity index (χ2n) is 9.57. The number of nitrogens with one attached hydrogen (secondary N) is 2. The summed E-state index contributed by atoms with van der Waals surface area (Å²) < 4.78 is 2.28. The number of benzene rings is 3. The highest BCUT2D eigenvalue weighted by molar-refractivity contribution is 5.99. The van der Waals surface area contributed by atoms with Crippen LogP contribution in [0.5, 0.6) is 0 Å². The van der Waals surface area contributed by atoms with Crippen molar-refractivity contribution in [2.75, 3.05) is 13.1 Å². The third-order valence-electron chi connectivity index (χ3n) is 7.34. The first-order valence-corrected chi connectivity index (χ1v) is 12.4. The lowest BCUT2D eigenvalue weighted by atomic mass is 9.99. The van der Waals surface area contributed by atoms with E-state index >= 15 is 0 Å². The quantitative estimate of drug-likeness (QED) is 0.356. The Labute approximate surface area is 211 Å². The number of carboxylic acid groups (broad SMARTS) is 1. The molecule has 1 saturated heterocycles. The lowest BCUT2D eigenvalue weighted by Gasteiger charge is -2.23. The van der Waals surface area contributed by atoms with Crippen molar-refractivity contribution in [2.24, 2.45) is 0 Å². The molecule has 1 amide bonds. The number of aromatic nitrogens is 1. The molecule has 0 atom stereocenters. The summed E-state index contributed by atoms with van der Waals surface area (Å²) >= 11 is 0. The summed E-state index contributed by atoms with van der Waals surface area (Å²) in [5.74, 6) is -0.936. The van der Waals surface area contributed by atoms with Crippen LogP contribution in [0.1, 0.15) is 50.4 Å². The largest absolute Gasteiger partial charge is 0.478 e. The van der Waals surface area contributed by atoms with Crippen molar-refractivity contribution in [3.05, 3.63) is 94.7 Å². The van der Waals surface area contributed by atoms with Crippen molar-refractivity contribution in [3.8, 4) is 11.1 Å². The molecule has 0 unspecified atom stereocenters. The van der Waals surface area contributed by atoms with Gasteiger partial charge in [0.2, 0.25) is 0 Å². The molecule has 1 fully saturated rings. The van der Waals surface area contributed by atoms with Gasteiger partial charge in [-0.15, -0.1) is 0 Å². The van der Waals surface area contributed by atoms with Crippen LogP contribution >= 0.6 is 0 Å². The van der Waals surface area contributed by atoms with E-state index in [1.54, 1.807) is 12.1 Å². The van der Waals surface area contributed by atoms with Gasteiger partial charge in [-0.25, -0.2) is 4.79 Å². The van der Waals surface area contributed by atoms with Gasteiger partial charge in [-0.1, -0.05) is 42.5 Å². The lowest BCUT2D eigenvalue weighted by Crippen LogP contribution is -2.42. The van der Waals surface area contributed by atoms with E-state index in [0.717, 1.165) is 48.0 Å². The molecule has 1 aliphatic rings. The Hall–Kier alpha value is -3.90. The summed E-state index contributed by atoms with van der Waals surface area (Å²) in [6, 6.07) is 21.3. The number of piperidine rings is 1. The highest BCUT2D eigenvalue weighted by atomic mass is 16.4. The summed E-state index contributed by atoms with van der Waals surface area (Å²) in [5.41, 5.74) is 7.16. The molecule has 3 aromatic carbocycles. The minimum Gasteiger partial charge on any atom is -0.478 e. The van der Waals surface area contributed by atoms with Gasteiger partial charge in [0.05, 0.1) is 5.56 Å². The van der Waals surface area contributed by atoms with Crippen LogP contribution in [0.25, 0.3) is 22.0 Å². The average molecular weight is 482 g/mol. The van der Waals surface area contributed by atoms with E-state index in [2.05, 4.69) is 41.2 Å². The number of hydrogen-bond acceptors (Lipinski definition) is 3. The number of aromatic carboxylic acids is 1. The minimum atomic E-state index is -0.927. The van der Waals surface area contributed by atoms with Crippen molar-refractivity contribution in [1.29, 1.82) is 0 Å². The van der Waals surface area contributed by atoms with Gasteiger partial charge in [-0.2, -0.15) is 0 Å². The molecule has 4 aromatic rings. The molecule has 0 radical (unpaired) electrons. The standard InChI is InChI=1S/C30H31N3O3/c1-19-20(2)33(18-21-7-9-22(10-8-21)25-5-3-4-6-26(25)30(35)36)28-12-11-23(17-27(19)28)29(34)32-24-13-15-31-16-14-24/h3-12,17,24,31H,13-16,18H2,1-2H3,(H,32,34)(H,35,36). The Morgan fingerprint density at radius 3 is 2.44 bits per heavy atom. The number of amides is 1. The molecule has 0 aliphatic carbocycles. The summed E-state index contributed by atoms with van der Waals surface area (Å²) in [7, 11) is 0. The second-order valence-corrected chi connectivity index (χ2v) is 9.57. The fraction of sp³-hybridized carbons (Fsp3) is 0.267. The average Bonchev–Trinajstić information content (AvgIpc) is 3.14. The molecule has 5 rings (SSSR count). The van der Waals surface area contributed by atoms with Crippen LogP contribution in [0.2, 0.25) is 0 Å². The molecule has 184 valence electrons. The molecular weight excluding hydrogens is 450 g/mol. The van der Waals surface area contributed by atoms with E-state index in [1.165, 1.54) is 11.3 Å². The van der Waals surface area contributed by atoms with Crippen LogP contribution in [0.4, 0.5) is 0 Å². The summed E-state index contributed by atoms with van der Waals surface area (Å²) in [5, 5.41) is 17.1. The second kappa shape index (κ2) is 9.99. The molecule has 1 aliphatic heterocycles. The van der Waals surface area contributed by atoms with Gasteiger partial charge >= 0.3 is 5.97 Å². The van der Waals surface area contributed by atoms with Crippen LogP contribution < -0.4 is 10.6 Å². The number of carbonyl (C=O) groups excluding carboxylic acids is 1. The maximum absolute atomic E-state index is 12.9. The number of aryl methyl sites for hydroxylation is 1. The minimum absolute atomic E-state index is 0.00849. The number of nitrogens with zero attached hydrogens (tertiary/aromatic N) is 1. The Morgan fingerprint density at radius 2 is 1.72 bits per heavy atom. The molecule has 0 spiro atoms. The number of carboxylic acids is 1. The van der Waals surface area contributed by atoms with Gasteiger partial charge in [0, 0.05) is 34.7 Å². The van der Waals surface area contributed by atoms with Crippen LogP contribution in [0.15, 0.2) is 66.7 Å². The van der Waals surface area contributed by atoms with E-state index in [4.69, 9.17) is 0 Å². The molecule has 0 saturated carbocycles. The molecule has 2 heterocycles. The third-order valence-corrected chi connectivity index (χ3v) is 7.34. The smallest absolute Gasteiger partial charge is 0.336 e. The highest BCUT2D eigenvalue weighted by Gasteiger charge is 2.18.